The van der Waals surface area contributed by atoms with Crippen molar-refractivity contribution in [3.63, 3.8) is 0 Å². The first-order chi connectivity index (χ1) is 29.7. The zero-order chi connectivity index (χ0) is 43.0. The molecule has 61 heavy (non-hydrogen) atoms. The summed E-state index contributed by atoms with van der Waals surface area (Å²) < 4.78 is 11.7. The summed E-state index contributed by atoms with van der Waals surface area (Å²) in [5.41, 5.74) is 1.60. The number of nitrogens with one attached hydrogen (secondary N) is 3. The molecule has 3 amide bonds. The molecule has 2 aromatic carbocycles. The molecule has 0 atom stereocenters. The van der Waals surface area contributed by atoms with E-state index in [-0.39, 0.29) is 53.4 Å². The van der Waals surface area contributed by atoms with Crippen LogP contribution < -0.4 is 25.4 Å². The van der Waals surface area contributed by atoms with Gasteiger partial charge in [-0.15, -0.1) is 23.5 Å². The van der Waals surface area contributed by atoms with E-state index in [0.717, 1.165) is 41.2 Å². The second-order valence-electron chi connectivity index (χ2n) is 14.7. The zero-order valence-corrected chi connectivity index (χ0v) is 35.8. The maximum Gasteiger partial charge on any atom is 0.306 e. The summed E-state index contributed by atoms with van der Waals surface area (Å²) in [6, 6.07) is 27.7. The number of rotatable bonds is 14. The van der Waals surface area contributed by atoms with Gasteiger partial charge in [0.15, 0.2) is 0 Å². The van der Waals surface area contributed by atoms with Gasteiger partial charge in [-0.2, -0.15) is 0 Å². The highest BCUT2D eigenvalue weighted by molar-refractivity contribution is 7.98. The molecule has 3 heterocycles. The molecule has 318 valence electrons. The number of aromatic nitrogens is 3. The van der Waals surface area contributed by atoms with Gasteiger partial charge in [-0.25, -0.2) is 9.97 Å². The quantitative estimate of drug-likeness (QED) is 0.0782. The van der Waals surface area contributed by atoms with E-state index >= 15 is 0 Å². The van der Waals surface area contributed by atoms with Gasteiger partial charge in [-0.1, -0.05) is 6.07 Å². The average molecular weight is 863 g/mol. The minimum absolute atomic E-state index is 0.0151. The molecule has 0 unspecified atom stereocenters. The lowest BCUT2D eigenvalue weighted by molar-refractivity contribution is -0.142. The lowest BCUT2D eigenvalue weighted by Crippen LogP contribution is -2.41. The van der Waals surface area contributed by atoms with Crippen molar-refractivity contribution < 1.29 is 33.8 Å². The van der Waals surface area contributed by atoms with E-state index in [2.05, 4.69) is 30.9 Å². The molecule has 2 saturated carbocycles. The molecule has 5 aromatic rings. The predicted octanol–water partition coefficient (Wildman–Crippen LogP) is 8.56. The highest BCUT2D eigenvalue weighted by Gasteiger charge is 2.29. The molecule has 2 aliphatic rings. The summed E-state index contributed by atoms with van der Waals surface area (Å²) in [7, 11) is 0. The van der Waals surface area contributed by atoms with Gasteiger partial charge in [-0.3, -0.25) is 24.2 Å². The van der Waals surface area contributed by atoms with Gasteiger partial charge in [0.1, 0.15) is 22.6 Å². The third-order valence-corrected chi connectivity index (χ3v) is 12.1. The normalized spacial score (nSPS) is 18.3. The van der Waals surface area contributed by atoms with E-state index in [9.17, 15) is 19.2 Å². The van der Waals surface area contributed by atoms with Crippen LogP contribution >= 0.6 is 23.5 Å². The van der Waals surface area contributed by atoms with E-state index in [1.54, 1.807) is 66.4 Å². The summed E-state index contributed by atoms with van der Waals surface area (Å²) in [4.78, 5) is 64.2. The predicted molar refractivity (Wildman–Crippen MR) is 235 cm³/mol. The molecule has 0 saturated heterocycles. The molecule has 3 aromatic heterocycles. The van der Waals surface area contributed by atoms with E-state index < -0.39 is 5.97 Å². The number of carboxylic acids is 1. The van der Waals surface area contributed by atoms with E-state index in [1.807, 2.05) is 79.2 Å². The topological polar surface area (TPSA) is 182 Å². The number of hydrogen-bond donors (Lipinski definition) is 4. The van der Waals surface area contributed by atoms with Gasteiger partial charge in [-0.05, 0) is 149 Å². The Morgan fingerprint density at radius 3 is 1.48 bits per heavy atom. The first-order valence-corrected chi connectivity index (χ1v) is 22.7. The van der Waals surface area contributed by atoms with Crippen molar-refractivity contribution in [3.8, 4) is 23.3 Å². The average Bonchev–Trinajstić information content (AvgIpc) is 3.30. The molecule has 7 rings (SSSR count). The number of nitrogens with zero attached hydrogens (tertiary/aromatic N) is 3. The fourth-order valence-electron chi connectivity index (χ4n) is 7.14. The van der Waals surface area contributed by atoms with Gasteiger partial charge >= 0.3 is 5.97 Å². The van der Waals surface area contributed by atoms with Gasteiger partial charge in [0.05, 0.1) is 18.2 Å². The van der Waals surface area contributed by atoms with Crippen LogP contribution in [0.2, 0.25) is 0 Å². The Kier molecular flexibility index (Phi) is 16.5. The lowest BCUT2D eigenvalue weighted by atomic mass is 9.85. The highest BCUT2D eigenvalue weighted by Crippen LogP contribution is 2.30. The molecule has 2 aliphatic carbocycles. The van der Waals surface area contributed by atoms with Crippen LogP contribution in [0.5, 0.6) is 23.3 Å². The number of carbonyl (C=O) groups excluding carboxylic acids is 3. The number of carboxylic acid groups (broad SMARTS) is 1. The number of thioether (sulfide) groups is 2. The number of benzene rings is 2. The first kappa shape index (κ1) is 44.6. The Bertz CT molecular complexity index is 2210. The van der Waals surface area contributed by atoms with Crippen molar-refractivity contribution >= 4 is 47.2 Å². The Labute approximate surface area is 364 Å². The largest absolute Gasteiger partial charge is 0.481 e. The maximum atomic E-state index is 13.0. The number of aliphatic carboxylic acids is 1. The molecular weight excluding hydrogens is 813 g/mol. The molecule has 13 nitrogen and oxygen atoms in total. The zero-order valence-electron chi connectivity index (χ0n) is 34.1. The van der Waals surface area contributed by atoms with Crippen LogP contribution in [0.15, 0.2) is 119 Å². The molecule has 15 heteroatoms. The second-order valence-corrected chi connectivity index (χ2v) is 16.4. The van der Waals surface area contributed by atoms with Crippen LogP contribution in [0.3, 0.4) is 0 Å². The Balaban J connectivity index is 0.000000210. The molecule has 0 radical (unpaired) electrons. The Morgan fingerprint density at radius 2 is 1.05 bits per heavy atom. The van der Waals surface area contributed by atoms with Crippen molar-refractivity contribution in [2.45, 2.75) is 79.8 Å². The number of ether oxygens (including phenoxy) is 2. The van der Waals surface area contributed by atoms with Crippen LogP contribution in [-0.2, 0) is 16.1 Å². The minimum Gasteiger partial charge on any atom is -0.481 e. The first-order valence-electron chi connectivity index (χ1n) is 20.2. The van der Waals surface area contributed by atoms with Crippen LogP contribution in [0.1, 0.15) is 77.8 Å². The molecular formula is C46H50N6O7S2. The fourth-order valence-corrected chi connectivity index (χ4v) is 7.95. The smallest absolute Gasteiger partial charge is 0.306 e. The van der Waals surface area contributed by atoms with Crippen molar-refractivity contribution in [2.75, 3.05) is 12.5 Å². The second kappa shape index (κ2) is 22.6. The van der Waals surface area contributed by atoms with E-state index in [0.29, 0.717) is 54.9 Å². The van der Waals surface area contributed by atoms with Gasteiger partial charge < -0.3 is 30.5 Å². The molecule has 2 fully saturated rings. The van der Waals surface area contributed by atoms with Crippen LogP contribution in [0.4, 0.5) is 0 Å². The number of pyridine rings is 3. The van der Waals surface area contributed by atoms with Crippen molar-refractivity contribution in [3.05, 3.63) is 126 Å². The third-order valence-electron chi connectivity index (χ3n) is 10.6. The highest BCUT2D eigenvalue weighted by atomic mass is 32.2. The number of hydrogen-bond acceptors (Lipinski definition) is 11. The summed E-state index contributed by atoms with van der Waals surface area (Å²) in [5, 5.41) is 18.1. The monoisotopic (exact) mass is 862 g/mol. The maximum absolute atomic E-state index is 13.0. The van der Waals surface area contributed by atoms with Crippen LogP contribution in [0, 0.1) is 11.8 Å². The molecule has 0 spiro atoms. The third kappa shape index (κ3) is 13.3. The number of amides is 3. The van der Waals surface area contributed by atoms with Crippen molar-refractivity contribution in [1.29, 1.82) is 0 Å². The molecule has 0 bridgehead atoms. The van der Waals surface area contributed by atoms with Crippen LogP contribution in [0.25, 0.3) is 0 Å². The van der Waals surface area contributed by atoms with E-state index in [4.69, 9.17) is 14.6 Å². The van der Waals surface area contributed by atoms with Gasteiger partial charge in [0, 0.05) is 46.4 Å². The minimum atomic E-state index is -0.754. The Hall–Kier alpha value is -5.93. The summed E-state index contributed by atoms with van der Waals surface area (Å²) >= 11 is 3.29. The van der Waals surface area contributed by atoms with Crippen LogP contribution in [-0.4, -0.2) is 68.3 Å². The summed E-state index contributed by atoms with van der Waals surface area (Å²) in [6.07, 6.45) is 14.4. The van der Waals surface area contributed by atoms with Gasteiger partial charge in [0.25, 0.3) is 11.8 Å². The lowest BCUT2D eigenvalue weighted by Gasteiger charge is -2.28. The van der Waals surface area contributed by atoms with Crippen molar-refractivity contribution in [2.24, 2.45) is 11.8 Å². The van der Waals surface area contributed by atoms with E-state index in [1.165, 1.54) is 0 Å². The summed E-state index contributed by atoms with van der Waals surface area (Å²) in [6.45, 7) is 0.431. The molecule has 0 aliphatic heterocycles. The van der Waals surface area contributed by atoms with Gasteiger partial charge in [0.2, 0.25) is 17.7 Å². The SMILES string of the molecule is CSc1ccc(Oc2ncccc2C(=O)NC2CCC(C(=O)NCc3ccccn3)CC2)cc1.CSc1ccc(Oc2ncccc2C(=O)NC2CCC(C(=O)O)CC2)cc1. The standard InChI is InChI=1S/C26H28N4O3S.C20H22N2O4S/c1-34-22-13-11-21(12-14-22)33-26-23(6-4-16-28-26)25(32)30-19-9-7-18(8-10-19)24(31)29-17-20-5-2-3-15-27-20;1-27-16-10-8-15(9-11-16)26-19-17(3-2-12-21-19)18(23)22-14-6-4-13(5-7-14)20(24)25/h2-6,11-16,18-19H,7-10,17H2,1H3,(H,29,31)(H,30,32);2-3,8-14H,4-7H2,1H3,(H,22,23)(H,24,25). The summed E-state index contributed by atoms with van der Waals surface area (Å²) in [5.74, 6) is 0.250. The fraction of sp³-hybridized carbons (Fsp3) is 0.326. The Morgan fingerprint density at radius 1 is 0.590 bits per heavy atom. The van der Waals surface area contributed by atoms with Crippen molar-refractivity contribution in [1.82, 2.24) is 30.9 Å². The number of carbonyl (C=O) groups is 4. The molecule has 4 N–H and O–H groups in total.